The van der Waals surface area contributed by atoms with Gasteiger partial charge in [-0.2, -0.15) is 0 Å². The maximum Gasteiger partial charge on any atom is 0.416 e. The van der Waals surface area contributed by atoms with Crippen molar-refractivity contribution in [2.45, 2.75) is 88.7 Å². The van der Waals surface area contributed by atoms with Crippen LogP contribution in [0.2, 0.25) is 0 Å². The largest absolute Gasteiger partial charge is 0.493 e. The Labute approximate surface area is 380 Å². The summed E-state index contributed by atoms with van der Waals surface area (Å²) in [6.45, 7) is 8.22. The van der Waals surface area contributed by atoms with Crippen molar-refractivity contribution in [2.75, 3.05) is 88.9 Å². The molecule has 344 valence electrons. The molecule has 0 N–H and O–H groups in total. The lowest BCUT2D eigenvalue weighted by molar-refractivity contribution is -0.198. The molecule has 4 amide bonds. The van der Waals surface area contributed by atoms with Crippen molar-refractivity contribution in [3.05, 3.63) is 66.2 Å². The molecule has 5 aliphatic rings. The zero-order chi connectivity index (χ0) is 44.7. The van der Waals surface area contributed by atoms with Gasteiger partial charge in [0.15, 0.2) is 24.0 Å². The number of likely N-dealkylation sites (N-methyl/N-ethyl adjacent to an activating group) is 1. The number of benzene rings is 3. The monoisotopic (exact) mass is 901 g/mol. The minimum Gasteiger partial charge on any atom is -0.493 e. The van der Waals surface area contributed by atoms with E-state index in [0.29, 0.717) is 100 Å². The molecule has 0 radical (unpaired) electrons. The molecule has 3 aromatic rings. The maximum atomic E-state index is 14.3. The number of hydrogen-bond acceptors (Lipinski definition) is 11. The van der Waals surface area contributed by atoms with Crippen LogP contribution < -0.4 is 24.0 Å². The highest BCUT2D eigenvalue weighted by molar-refractivity contribution is 6.19. The molecule has 15 nitrogen and oxygen atoms in total. The van der Waals surface area contributed by atoms with Crippen LogP contribution in [0.1, 0.15) is 86.0 Å². The fourth-order valence-electron chi connectivity index (χ4n) is 9.57. The molecule has 0 bridgehead atoms. The highest BCUT2D eigenvalue weighted by Crippen LogP contribution is 2.46. The van der Waals surface area contributed by atoms with E-state index in [0.717, 1.165) is 60.8 Å². The van der Waals surface area contributed by atoms with Gasteiger partial charge in [0.2, 0.25) is 5.91 Å². The Morgan fingerprint density at radius 3 is 2.42 bits per heavy atom. The molecule has 64 heavy (non-hydrogen) atoms. The van der Waals surface area contributed by atoms with Crippen molar-refractivity contribution in [3.63, 3.8) is 0 Å². The lowest BCUT2D eigenvalue weighted by Crippen LogP contribution is -2.57. The molecule has 0 aromatic heterocycles. The van der Waals surface area contributed by atoms with Gasteiger partial charge in [-0.05, 0) is 81.9 Å². The summed E-state index contributed by atoms with van der Waals surface area (Å²) in [4.78, 5) is 64.6. The van der Waals surface area contributed by atoms with Crippen LogP contribution in [-0.4, -0.2) is 136 Å². The summed E-state index contributed by atoms with van der Waals surface area (Å²) in [6, 6.07) is 12.5. The molecule has 5 aliphatic heterocycles. The summed E-state index contributed by atoms with van der Waals surface area (Å²) < 4.78 is 36.4. The zero-order valence-corrected chi connectivity index (χ0v) is 37.7. The van der Waals surface area contributed by atoms with Crippen LogP contribution in [0.5, 0.6) is 17.2 Å². The Morgan fingerprint density at radius 2 is 1.67 bits per heavy atom. The van der Waals surface area contributed by atoms with Crippen LogP contribution in [0.3, 0.4) is 0 Å². The summed E-state index contributed by atoms with van der Waals surface area (Å²) in [5.74, 6) is 1.15. The summed E-state index contributed by atoms with van der Waals surface area (Å²) in [6.07, 6.45) is 6.14. The first-order valence-corrected chi connectivity index (χ1v) is 23.3. The van der Waals surface area contributed by atoms with Gasteiger partial charge in [0.05, 0.1) is 36.7 Å². The second-order valence-electron chi connectivity index (χ2n) is 17.2. The molecule has 1 unspecified atom stereocenters. The zero-order valence-electron chi connectivity index (χ0n) is 37.0. The number of hydrogen-bond donors (Lipinski definition) is 0. The molecule has 5 heterocycles. The minimum absolute atomic E-state index is 0.0240. The van der Waals surface area contributed by atoms with Crippen molar-refractivity contribution in [2.24, 2.45) is 0 Å². The van der Waals surface area contributed by atoms with E-state index in [1.165, 1.54) is 18.1 Å². The molecular formula is C48H60ClN5O10. The standard InChI is InChI=1S/C48H60ClN5O10/c1-4-24-62-48(58)54-37-28-41(40(59-3)27-35(37)45(56)52-19-11-9-16-36(52)46(54)64-43-18-10-13-26-61-43)60-25-12-5-6-17-42(55)53-31-32(30-49)44-34-15-8-7-14-33(34)39(29-38(44)53)63-47(57)51-22-20-50(2)21-23-51/h4,7-8,14-15,27-29,32,36,43,46H,1,5-6,9-13,16-26,30-31H2,2-3H3/t32-,36+,43?,46+/m1/s1. The van der Waals surface area contributed by atoms with Crippen molar-refractivity contribution < 1.29 is 47.6 Å². The number of carbonyl (C=O) groups is 4. The van der Waals surface area contributed by atoms with Gasteiger partial charge in [-0.15, -0.1) is 11.6 Å². The lowest BCUT2D eigenvalue weighted by Gasteiger charge is -2.42. The predicted molar refractivity (Wildman–Crippen MR) is 243 cm³/mol. The first-order valence-electron chi connectivity index (χ1n) is 22.8. The second-order valence-corrected chi connectivity index (χ2v) is 17.5. The van der Waals surface area contributed by atoms with E-state index >= 15 is 0 Å². The first-order chi connectivity index (χ1) is 31.2. The van der Waals surface area contributed by atoms with Gasteiger partial charge >= 0.3 is 12.2 Å². The second kappa shape index (κ2) is 20.8. The van der Waals surface area contributed by atoms with Crippen LogP contribution in [0, 0.1) is 0 Å². The number of methoxy groups -OCH3 is 1. The van der Waals surface area contributed by atoms with Crippen LogP contribution in [0.25, 0.3) is 10.8 Å². The van der Waals surface area contributed by atoms with Gasteiger partial charge in [0.1, 0.15) is 12.4 Å². The van der Waals surface area contributed by atoms with Crippen molar-refractivity contribution >= 4 is 57.7 Å². The number of alkyl halides is 1. The molecule has 0 saturated carbocycles. The van der Waals surface area contributed by atoms with E-state index < -0.39 is 30.7 Å². The number of piperazine rings is 1. The molecular weight excluding hydrogens is 842 g/mol. The van der Waals surface area contributed by atoms with E-state index in [2.05, 4.69) is 11.5 Å². The Morgan fingerprint density at radius 1 is 0.891 bits per heavy atom. The smallest absolute Gasteiger partial charge is 0.416 e. The normalized spacial score (nSPS) is 22.3. The van der Waals surface area contributed by atoms with Crippen LogP contribution in [0.4, 0.5) is 21.0 Å². The topological polar surface area (TPSA) is 140 Å². The highest BCUT2D eigenvalue weighted by Gasteiger charge is 2.47. The van der Waals surface area contributed by atoms with Crippen molar-refractivity contribution in [3.8, 4) is 17.2 Å². The third-order valence-electron chi connectivity index (χ3n) is 13.0. The van der Waals surface area contributed by atoms with Crippen LogP contribution in [-0.2, 0) is 19.0 Å². The Balaban J connectivity index is 0.953. The number of halogens is 1. The van der Waals surface area contributed by atoms with Gasteiger partial charge in [-0.3, -0.25) is 9.59 Å². The number of rotatable bonds is 14. The van der Waals surface area contributed by atoms with Gasteiger partial charge < -0.3 is 48.0 Å². The average Bonchev–Trinajstić information content (AvgIpc) is 3.67. The van der Waals surface area contributed by atoms with Crippen LogP contribution in [0.15, 0.2) is 55.1 Å². The van der Waals surface area contributed by atoms with Crippen molar-refractivity contribution in [1.82, 2.24) is 14.7 Å². The van der Waals surface area contributed by atoms with E-state index in [-0.39, 0.29) is 36.5 Å². The quantitative estimate of drug-likeness (QED) is 0.0886. The Kier molecular flexibility index (Phi) is 14.8. The van der Waals surface area contributed by atoms with Gasteiger partial charge in [-0.1, -0.05) is 36.9 Å². The number of fused-ring (bicyclic) bond motifs is 5. The van der Waals surface area contributed by atoms with Crippen LogP contribution >= 0.6 is 11.6 Å². The third-order valence-corrected chi connectivity index (χ3v) is 13.4. The first kappa shape index (κ1) is 45.5. The SMILES string of the molecule is C=CCOC(=O)N1c2cc(OCCCCCC(=O)N3C[C@@H](CCl)c4c3cc(OC(=O)N3CCN(C)CC3)c3ccccc43)c(OC)cc2C(=O)N2CCCC[C@H]2[C@@H]1OC1CCCCO1. The number of anilines is 2. The average molecular weight is 902 g/mol. The fraction of sp³-hybridized carbons (Fsp3) is 0.542. The number of nitrogens with zero attached hydrogens (tertiary/aromatic N) is 5. The number of unbranched alkanes of at least 4 members (excludes halogenated alkanes) is 2. The maximum absolute atomic E-state index is 14.3. The van der Waals surface area contributed by atoms with Gasteiger partial charge in [-0.25, -0.2) is 14.5 Å². The third kappa shape index (κ3) is 9.63. The van der Waals surface area contributed by atoms with Crippen molar-refractivity contribution in [1.29, 1.82) is 0 Å². The lowest BCUT2D eigenvalue weighted by atomic mass is 9.95. The molecule has 3 aromatic carbocycles. The number of ether oxygens (including phenoxy) is 6. The number of amides is 4. The molecule has 3 fully saturated rings. The molecule has 4 atom stereocenters. The summed E-state index contributed by atoms with van der Waals surface area (Å²) in [5, 5.41) is 1.73. The molecule has 16 heteroatoms. The predicted octanol–water partition coefficient (Wildman–Crippen LogP) is 7.91. The van der Waals surface area contributed by atoms with Gasteiger partial charge in [0.25, 0.3) is 5.91 Å². The molecule has 8 rings (SSSR count). The summed E-state index contributed by atoms with van der Waals surface area (Å²) >= 11 is 6.53. The molecule has 0 aliphatic carbocycles. The number of carbonyl (C=O) groups excluding carboxylic acids is 4. The summed E-state index contributed by atoms with van der Waals surface area (Å²) in [5.41, 5.74) is 2.31. The Hall–Kier alpha value is -5.09. The van der Waals surface area contributed by atoms with E-state index in [1.807, 2.05) is 37.4 Å². The Bertz CT molecular complexity index is 2190. The molecule has 0 spiro atoms. The molecule has 3 saturated heterocycles. The fourth-order valence-corrected chi connectivity index (χ4v) is 9.82. The number of piperidine rings is 1. The minimum atomic E-state index is -0.866. The van der Waals surface area contributed by atoms with E-state index in [9.17, 15) is 19.2 Å². The van der Waals surface area contributed by atoms with E-state index in [1.54, 1.807) is 26.8 Å². The summed E-state index contributed by atoms with van der Waals surface area (Å²) in [7, 11) is 3.55. The van der Waals surface area contributed by atoms with Gasteiger partial charge in [0, 0.05) is 81.6 Å². The van der Waals surface area contributed by atoms with E-state index in [4.69, 9.17) is 40.0 Å². The highest BCUT2D eigenvalue weighted by atomic mass is 35.5.